The summed E-state index contributed by atoms with van der Waals surface area (Å²) >= 11 is 0. The second-order valence-corrected chi connectivity index (χ2v) is 7.02. The van der Waals surface area contributed by atoms with Gasteiger partial charge in [-0.05, 0) is 18.1 Å². The van der Waals surface area contributed by atoms with Gasteiger partial charge in [0.2, 0.25) is 5.91 Å². The van der Waals surface area contributed by atoms with Gasteiger partial charge in [-0.1, -0.05) is 44.7 Å². The highest BCUT2D eigenvalue weighted by Crippen LogP contribution is 2.37. The van der Waals surface area contributed by atoms with Crippen LogP contribution in [0.15, 0.2) is 43.0 Å². The Balaban J connectivity index is 2.23. The molecule has 0 fully saturated rings. The van der Waals surface area contributed by atoms with E-state index >= 15 is 0 Å². The van der Waals surface area contributed by atoms with E-state index in [9.17, 15) is 19.2 Å². The highest BCUT2D eigenvalue weighted by molar-refractivity contribution is 6.33. The van der Waals surface area contributed by atoms with Gasteiger partial charge in [0.05, 0.1) is 34.7 Å². The Morgan fingerprint density at radius 2 is 1.72 bits per heavy atom. The molecule has 3 rings (SSSR count). The van der Waals surface area contributed by atoms with Crippen LogP contribution in [0.3, 0.4) is 0 Å². The lowest BCUT2D eigenvalue weighted by Gasteiger charge is -2.23. The summed E-state index contributed by atoms with van der Waals surface area (Å²) in [4.78, 5) is 50.7. The molecule has 0 atom stereocenters. The molecule has 0 aliphatic heterocycles. The van der Waals surface area contributed by atoms with Crippen LogP contribution >= 0.6 is 0 Å². The fourth-order valence-corrected chi connectivity index (χ4v) is 3.09. The number of ketones is 2. The molecule has 0 unspecified atom stereocenters. The predicted octanol–water partition coefficient (Wildman–Crippen LogP) is 2.98. The van der Waals surface area contributed by atoms with E-state index in [0.717, 1.165) is 6.08 Å². The van der Waals surface area contributed by atoms with Gasteiger partial charge < -0.3 is 15.8 Å². The van der Waals surface area contributed by atoms with Crippen LogP contribution in [0.4, 0.5) is 11.4 Å². The van der Waals surface area contributed by atoms with Crippen molar-refractivity contribution in [2.75, 3.05) is 17.7 Å². The molecule has 2 aromatic rings. The van der Waals surface area contributed by atoms with Gasteiger partial charge in [-0.2, -0.15) is 0 Å². The molecule has 7 nitrogen and oxygen atoms in total. The lowest BCUT2D eigenvalue weighted by atomic mass is 9.81. The molecular weight excluding hydrogens is 372 g/mol. The van der Waals surface area contributed by atoms with Crippen LogP contribution in [0.1, 0.15) is 56.0 Å². The van der Waals surface area contributed by atoms with Crippen LogP contribution in [0.5, 0.6) is 0 Å². The summed E-state index contributed by atoms with van der Waals surface area (Å²) in [6, 6.07) is 7.57. The zero-order valence-electron chi connectivity index (χ0n) is 16.1. The van der Waals surface area contributed by atoms with E-state index < -0.39 is 23.4 Å². The van der Waals surface area contributed by atoms with Crippen molar-refractivity contribution in [1.29, 1.82) is 0 Å². The molecule has 0 aromatic heterocycles. The first-order valence-corrected chi connectivity index (χ1v) is 9.01. The number of carbonyl (C=O) groups is 4. The van der Waals surface area contributed by atoms with Gasteiger partial charge >= 0.3 is 5.97 Å². The van der Waals surface area contributed by atoms with Gasteiger partial charge in [-0.25, -0.2) is 4.79 Å². The molecule has 1 amide bonds. The average Bonchev–Trinajstić information content (AvgIpc) is 2.70. The largest absolute Gasteiger partial charge is 0.462 e. The van der Waals surface area contributed by atoms with Gasteiger partial charge in [0, 0.05) is 11.1 Å². The predicted molar refractivity (Wildman–Crippen MR) is 108 cm³/mol. The Labute approximate surface area is 167 Å². The molecule has 2 aromatic carbocycles. The number of nitrogens with one attached hydrogen (secondary N) is 1. The van der Waals surface area contributed by atoms with Gasteiger partial charge in [0.25, 0.3) is 0 Å². The van der Waals surface area contributed by atoms with Crippen molar-refractivity contribution in [2.24, 2.45) is 5.92 Å². The monoisotopic (exact) mass is 392 g/mol. The average molecular weight is 392 g/mol. The number of hydrogen-bond acceptors (Lipinski definition) is 6. The van der Waals surface area contributed by atoms with E-state index in [1.54, 1.807) is 12.1 Å². The summed E-state index contributed by atoms with van der Waals surface area (Å²) in [5.41, 5.74) is 6.12. The quantitative estimate of drug-likeness (QED) is 0.392. The maximum Gasteiger partial charge on any atom is 0.340 e. The SMILES string of the molecule is C=CC(=O)Nc1cc(C(=O)OCC(C)C)c(N)c2c1C(=O)c1ccccc1C2=O. The van der Waals surface area contributed by atoms with E-state index in [0.29, 0.717) is 0 Å². The number of hydrogen-bond donors (Lipinski definition) is 2. The van der Waals surface area contributed by atoms with Gasteiger partial charge in [0.15, 0.2) is 11.6 Å². The third-order valence-electron chi connectivity index (χ3n) is 4.45. The standard InChI is InChI=1S/C22H20N2O5/c1-4-16(25)24-15-9-14(22(28)29-10-11(2)3)19(23)18-17(15)20(26)12-7-5-6-8-13(12)21(18)27/h4-9,11H,1,10,23H2,2-3H3,(H,24,25). The van der Waals surface area contributed by atoms with E-state index in [4.69, 9.17) is 10.5 Å². The first kappa shape index (κ1) is 20.0. The summed E-state index contributed by atoms with van der Waals surface area (Å²) in [5.74, 6) is -2.22. The summed E-state index contributed by atoms with van der Waals surface area (Å²) < 4.78 is 5.23. The first-order valence-electron chi connectivity index (χ1n) is 9.01. The highest BCUT2D eigenvalue weighted by atomic mass is 16.5. The van der Waals surface area contributed by atoms with Crippen molar-refractivity contribution in [3.8, 4) is 0 Å². The first-order chi connectivity index (χ1) is 13.8. The molecule has 29 heavy (non-hydrogen) atoms. The normalized spacial score (nSPS) is 12.2. The molecule has 148 valence electrons. The van der Waals surface area contributed by atoms with Gasteiger partial charge in [-0.3, -0.25) is 14.4 Å². The van der Waals surface area contributed by atoms with Crippen LogP contribution in [-0.4, -0.2) is 30.0 Å². The zero-order chi connectivity index (χ0) is 21.3. The molecule has 0 saturated heterocycles. The second kappa shape index (κ2) is 7.71. The third kappa shape index (κ3) is 3.54. The lowest BCUT2D eigenvalue weighted by molar-refractivity contribution is -0.111. The van der Waals surface area contributed by atoms with Crippen molar-refractivity contribution in [3.05, 3.63) is 70.8 Å². The Morgan fingerprint density at radius 1 is 1.14 bits per heavy atom. The van der Waals surface area contributed by atoms with E-state index in [1.807, 2.05) is 13.8 Å². The Kier molecular flexibility index (Phi) is 5.32. The minimum atomic E-state index is -0.743. The number of nitrogen functional groups attached to an aromatic ring is 1. The Bertz CT molecular complexity index is 1070. The molecule has 0 bridgehead atoms. The number of anilines is 2. The fraction of sp³-hybridized carbons (Fsp3) is 0.182. The van der Waals surface area contributed by atoms with Crippen LogP contribution in [0, 0.1) is 5.92 Å². The number of benzene rings is 2. The molecular formula is C22H20N2O5. The van der Waals surface area contributed by atoms with Gasteiger partial charge in [-0.15, -0.1) is 0 Å². The number of esters is 1. The van der Waals surface area contributed by atoms with Crippen molar-refractivity contribution >= 4 is 34.8 Å². The summed E-state index contributed by atoms with van der Waals surface area (Å²) in [6.07, 6.45) is 1.02. The zero-order valence-corrected chi connectivity index (χ0v) is 16.1. The molecule has 3 N–H and O–H groups in total. The maximum absolute atomic E-state index is 13.1. The number of rotatable bonds is 5. The van der Waals surface area contributed by atoms with Crippen molar-refractivity contribution in [1.82, 2.24) is 0 Å². The number of nitrogens with two attached hydrogens (primary N) is 1. The number of amides is 1. The molecule has 0 spiro atoms. The second-order valence-electron chi connectivity index (χ2n) is 7.02. The molecule has 1 aliphatic carbocycles. The Morgan fingerprint density at radius 3 is 2.28 bits per heavy atom. The third-order valence-corrected chi connectivity index (χ3v) is 4.45. The minimum absolute atomic E-state index is 0.00319. The molecule has 0 saturated carbocycles. The van der Waals surface area contributed by atoms with E-state index in [-0.39, 0.29) is 51.7 Å². The van der Waals surface area contributed by atoms with Crippen LogP contribution < -0.4 is 11.1 Å². The summed E-state index contributed by atoms with van der Waals surface area (Å²) in [5, 5.41) is 2.50. The number of fused-ring (bicyclic) bond motifs is 2. The topological polar surface area (TPSA) is 116 Å². The van der Waals surface area contributed by atoms with Crippen molar-refractivity contribution in [3.63, 3.8) is 0 Å². The smallest absolute Gasteiger partial charge is 0.340 e. The Hall–Kier alpha value is -3.74. The number of carbonyl (C=O) groups excluding carboxylic acids is 4. The minimum Gasteiger partial charge on any atom is -0.462 e. The van der Waals surface area contributed by atoms with Crippen LogP contribution in [0.2, 0.25) is 0 Å². The highest BCUT2D eigenvalue weighted by Gasteiger charge is 2.36. The molecule has 1 aliphatic rings. The summed E-state index contributed by atoms with van der Waals surface area (Å²) in [6.45, 7) is 7.28. The van der Waals surface area contributed by atoms with Crippen molar-refractivity contribution < 1.29 is 23.9 Å². The molecule has 0 heterocycles. The van der Waals surface area contributed by atoms with E-state index in [2.05, 4.69) is 11.9 Å². The fourth-order valence-electron chi connectivity index (χ4n) is 3.09. The lowest BCUT2D eigenvalue weighted by Crippen LogP contribution is -2.26. The van der Waals surface area contributed by atoms with Crippen LogP contribution in [-0.2, 0) is 9.53 Å². The van der Waals surface area contributed by atoms with E-state index in [1.165, 1.54) is 18.2 Å². The van der Waals surface area contributed by atoms with Crippen LogP contribution in [0.25, 0.3) is 0 Å². The van der Waals surface area contributed by atoms with Gasteiger partial charge in [0.1, 0.15) is 0 Å². The molecule has 0 radical (unpaired) electrons. The molecule has 7 heteroatoms. The maximum atomic E-state index is 13.1. The summed E-state index contributed by atoms with van der Waals surface area (Å²) in [7, 11) is 0. The number of ether oxygens (including phenoxy) is 1. The van der Waals surface area contributed by atoms with Crippen molar-refractivity contribution in [2.45, 2.75) is 13.8 Å².